The fourth-order valence-corrected chi connectivity index (χ4v) is 0.421. The minimum atomic E-state index is 0. The van der Waals surface area contributed by atoms with E-state index in [1.807, 2.05) is 50.0 Å². The highest BCUT2D eigenvalue weighted by molar-refractivity contribution is 4.88. The molecule has 0 saturated carbocycles. The van der Waals surface area contributed by atoms with Crippen LogP contribution in [0.15, 0.2) is 24.5 Å². The first kappa shape index (κ1) is 16.1. The predicted molar refractivity (Wildman–Crippen MR) is 50.2 cm³/mol. The molecule has 0 amide bonds. The molecule has 0 atom stereocenters. The molecular formula is C9H21N. The molecule has 0 N–H and O–H groups in total. The second-order valence-electron chi connectivity index (χ2n) is 1.35. The first-order valence-electron chi connectivity index (χ1n) is 2.96. The summed E-state index contributed by atoms with van der Waals surface area (Å²) in [5.41, 5.74) is 0. The molecule has 1 rings (SSSR count). The van der Waals surface area contributed by atoms with E-state index in [1.54, 1.807) is 0 Å². The van der Waals surface area contributed by atoms with E-state index in [-0.39, 0.29) is 14.9 Å². The number of nitrogens with zero attached hydrogens (tertiary/aromatic N) is 1. The summed E-state index contributed by atoms with van der Waals surface area (Å²) in [5.74, 6) is 0. The summed E-state index contributed by atoms with van der Waals surface area (Å²) in [6.07, 6.45) is 4.00. The van der Waals surface area contributed by atoms with E-state index in [4.69, 9.17) is 0 Å². The maximum absolute atomic E-state index is 2.00. The standard InChI is InChI=1S/C5H7N.C2H6.2CH4/c1-6-4-2-3-5-6;1-2;;/h2-5H,1H3;1-2H3;2*1H4. The summed E-state index contributed by atoms with van der Waals surface area (Å²) in [6.45, 7) is 4.00. The molecule has 1 aromatic rings. The number of rotatable bonds is 0. The van der Waals surface area contributed by atoms with E-state index < -0.39 is 0 Å². The van der Waals surface area contributed by atoms with Gasteiger partial charge >= 0.3 is 0 Å². The molecule has 1 heteroatoms. The van der Waals surface area contributed by atoms with Crippen molar-refractivity contribution in [3.63, 3.8) is 0 Å². The zero-order chi connectivity index (χ0) is 6.41. The SMILES string of the molecule is C.C.CC.Cn1cccc1. The van der Waals surface area contributed by atoms with Crippen LogP contribution in [0.4, 0.5) is 0 Å². The Labute approximate surface area is 65.7 Å². The van der Waals surface area contributed by atoms with Gasteiger partial charge in [-0.15, -0.1) is 0 Å². The van der Waals surface area contributed by atoms with Crippen molar-refractivity contribution in [3.05, 3.63) is 24.5 Å². The summed E-state index contributed by atoms with van der Waals surface area (Å²) < 4.78 is 2.00. The maximum atomic E-state index is 2.00. The van der Waals surface area contributed by atoms with Gasteiger partial charge in [-0.05, 0) is 12.1 Å². The molecule has 0 aliphatic heterocycles. The fraction of sp³-hybridized carbons (Fsp3) is 0.556. The van der Waals surface area contributed by atoms with Crippen molar-refractivity contribution in [2.45, 2.75) is 28.7 Å². The van der Waals surface area contributed by atoms with E-state index in [0.29, 0.717) is 0 Å². The molecule has 1 heterocycles. The number of hydrogen-bond donors (Lipinski definition) is 0. The summed E-state index contributed by atoms with van der Waals surface area (Å²) in [4.78, 5) is 0. The van der Waals surface area contributed by atoms with Gasteiger partial charge in [0, 0.05) is 19.4 Å². The largest absolute Gasteiger partial charge is 0.357 e. The third-order valence-electron chi connectivity index (χ3n) is 0.754. The average Bonchev–Trinajstić information content (AvgIpc) is 2.24. The zero-order valence-electron chi connectivity index (χ0n) is 5.76. The lowest BCUT2D eigenvalue weighted by Gasteiger charge is -1.79. The molecule has 0 bridgehead atoms. The van der Waals surface area contributed by atoms with Crippen LogP contribution in [-0.4, -0.2) is 4.57 Å². The van der Waals surface area contributed by atoms with Crippen molar-refractivity contribution in [2.24, 2.45) is 7.05 Å². The Balaban J connectivity index is -0.000000114. The first-order chi connectivity index (χ1) is 3.89. The third-order valence-corrected chi connectivity index (χ3v) is 0.754. The Morgan fingerprint density at radius 1 is 0.900 bits per heavy atom. The van der Waals surface area contributed by atoms with Crippen molar-refractivity contribution in [3.8, 4) is 0 Å². The van der Waals surface area contributed by atoms with Gasteiger partial charge in [-0.1, -0.05) is 28.7 Å². The molecule has 0 radical (unpaired) electrons. The second-order valence-corrected chi connectivity index (χ2v) is 1.35. The molecule has 0 unspecified atom stereocenters. The van der Waals surface area contributed by atoms with Crippen molar-refractivity contribution in [2.75, 3.05) is 0 Å². The van der Waals surface area contributed by atoms with Crippen LogP contribution in [0.3, 0.4) is 0 Å². The topological polar surface area (TPSA) is 4.93 Å². The van der Waals surface area contributed by atoms with Gasteiger partial charge in [-0.25, -0.2) is 0 Å². The number of aromatic nitrogens is 1. The van der Waals surface area contributed by atoms with E-state index in [9.17, 15) is 0 Å². The predicted octanol–water partition coefficient (Wildman–Crippen LogP) is 3.32. The normalized spacial score (nSPS) is 5.90. The van der Waals surface area contributed by atoms with Gasteiger partial charge < -0.3 is 4.57 Å². The van der Waals surface area contributed by atoms with Gasteiger partial charge in [0.15, 0.2) is 0 Å². The molecule has 1 aromatic heterocycles. The molecule has 0 saturated heterocycles. The molecule has 1 nitrogen and oxygen atoms in total. The monoisotopic (exact) mass is 143 g/mol. The number of aryl methyl sites for hydroxylation is 1. The lowest BCUT2D eigenvalue weighted by atomic mass is 10.7. The lowest BCUT2D eigenvalue weighted by molar-refractivity contribution is 0.928. The maximum Gasteiger partial charge on any atom is 0.0106 e. The molecular weight excluding hydrogens is 122 g/mol. The lowest BCUT2D eigenvalue weighted by Crippen LogP contribution is -1.75. The Hall–Kier alpha value is -0.720. The molecule has 0 spiro atoms. The van der Waals surface area contributed by atoms with Crippen LogP contribution in [-0.2, 0) is 7.05 Å². The summed E-state index contributed by atoms with van der Waals surface area (Å²) in [5, 5.41) is 0. The third kappa shape index (κ3) is 7.28. The van der Waals surface area contributed by atoms with Crippen LogP contribution in [0.5, 0.6) is 0 Å². The highest BCUT2D eigenvalue weighted by atomic mass is 14.9. The van der Waals surface area contributed by atoms with Gasteiger partial charge in [0.1, 0.15) is 0 Å². The van der Waals surface area contributed by atoms with Gasteiger partial charge in [0.25, 0.3) is 0 Å². The summed E-state index contributed by atoms with van der Waals surface area (Å²) in [7, 11) is 2.00. The van der Waals surface area contributed by atoms with Crippen molar-refractivity contribution in [1.82, 2.24) is 4.57 Å². The Morgan fingerprint density at radius 3 is 1.30 bits per heavy atom. The van der Waals surface area contributed by atoms with Gasteiger partial charge in [0.2, 0.25) is 0 Å². The van der Waals surface area contributed by atoms with E-state index in [2.05, 4.69) is 0 Å². The second kappa shape index (κ2) is 11.1. The van der Waals surface area contributed by atoms with Crippen LogP contribution in [0, 0.1) is 0 Å². The van der Waals surface area contributed by atoms with Crippen LogP contribution < -0.4 is 0 Å². The van der Waals surface area contributed by atoms with Crippen molar-refractivity contribution < 1.29 is 0 Å². The first-order valence-corrected chi connectivity index (χ1v) is 2.96. The highest BCUT2D eigenvalue weighted by Crippen LogP contribution is 1.80. The quantitative estimate of drug-likeness (QED) is 0.525. The summed E-state index contributed by atoms with van der Waals surface area (Å²) in [6, 6.07) is 4.00. The molecule has 10 heavy (non-hydrogen) atoms. The van der Waals surface area contributed by atoms with Crippen molar-refractivity contribution >= 4 is 0 Å². The van der Waals surface area contributed by atoms with Crippen LogP contribution >= 0.6 is 0 Å². The fourth-order valence-electron chi connectivity index (χ4n) is 0.421. The minimum absolute atomic E-state index is 0. The highest BCUT2D eigenvalue weighted by Gasteiger charge is 1.68. The van der Waals surface area contributed by atoms with Gasteiger partial charge in [-0.2, -0.15) is 0 Å². The Kier molecular flexibility index (Phi) is 17.9. The smallest absolute Gasteiger partial charge is 0.0106 e. The summed E-state index contributed by atoms with van der Waals surface area (Å²) >= 11 is 0. The molecule has 62 valence electrons. The zero-order valence-corrected chi connectivity index (χ0v) is 5.76. The number of hydrogen-bond acceptors (Lipinski definition) is 0. The van der Waals surface area contributed by atoms with E-state index >= 15 is 0 Å². The average molecular weight is 143 g/mol. The van der Waals surface area contributed by atoms with E-state index in [1.165, 1.54) is 0 Å². The molecule has 0 aromatic carbocycles. The Morgan fingerprint density at radius 2 is 1.20 bits per heavy atom. The Bertz CT molecular complexity index is 108. The molecule has 0 fully saturated rings. The van der Waals surface area contributed by atoms with Crippen molar-refractivity contribution in [1.29, 1.82) is 0 Å². The van der Waals surface area contributed by atoms with Crippen LogP contribution in [0.1, 0.15) is 28.7 Å². The van der Waals surface area contributed by atoms with Crippen LogP contribution in [0.2, 0.25) is 0 Å². The van der Waals surface area contributed by atoms with E-state index in [0.717, 1.165) is 0 Å². The van der Waals surface area contributed by atoms with Gasteiger partial charge in [0.05, 0.1) is 0 Å². The molecule has 0 aliphatic carbocycles. The van der Waals surface area contributed by atoms with Gasteiger partial charge in [-0.3, -0.25) is 0 Å². The molecule has 0 aliphatic rings. The van der Waals surface area contributed by atoms with Crippen LogP contribution in [0.25, 0.3) is 0 Å². The minimum Gasteiger partial charge on any atom is -0.357 e.